The number of rotatable bonds is 3. The van der Waals surface area contributed by atoms with Crippen LogP contribution in [0.25, 0.3) is 0 Å². The van der Waals surface area contributed by atoms with Crippen LogP contribution >= 0.6 is 0 Å². The second-order valence-electron chi connectivity index (χ2n) is 4.20. The molecule has 0 radical (unpaired) electrons. The van der Waals surface area contributed by atoms with Gasteiger partial charge in [-0.2, -0.15) is 0 Å². The summed E-state index contributed by atoms with van der Waals surface area (Å²) in [6.45, 7) is 4.25. The average molecular weight is 236 g/mol. The number of halogens is 2. The second kappa shape index (κ2) is 3.99. The topological polar surface area (TPSA) is 52.6 Å². The molecule has 1 heterocycles. The molecule has 1 aliphatic rings. The molecule has 4 nitrogen and oxygen atoms in total. The predicted octanol–water partition coefficient (Wildman–Crippen LogP) is 1.87. The fourth-order valence-corrected chi connectivity index (χ4v) is 1.62. The van der Waals surface area contributed by atoms with Gasteiger partial charge in [0.15, 0.2) is 0 Å². The van der Waals surface area contributed by atoms with Crippen molar-refractivity contribution in [1.82, 2.24) is 0 Å². The Bertz CT molecular complexity index is 292. The Morgan fingerprint density at radius 2 is 1.62 bits per heavy atom. The van der Waals surface area contributed by atoms with E-state index >= 15 is 0 Å². The van der Waals surface area contributed by atoms with Gasteiger partial charge in [-0.3, -0.25) is 9.59 Å². The predicted molar refractivity (Wildman–Crippen MR) is 49.6 cm³/mol. The molecule has 0 N–H and O–H groups in total. The summed E-state index contributed by atoms with van der Waals surface area (Å²) in [5.41, 5.74) is -2.45. The SMILES string of the molecule is CCCC1(C(F)F)C(=O)OC(C)(C)OC1=O. The zero-order valence-electron chi connectivity index (χ0n) is 9.38. The highest BCUT2D eigenvalue weighted by Crippen LogP contribution is 2.40. The van der Waals surface area contributed by atoms with E-state index < -0.39 is 29.6 Å². The van der Waals surface area contributed by atoms with Gasteiger partial charge in [-0.15, -0.1) is 0 Å². The zero-order chi connectivity index (χ0) is 12.6. The molecule has 0 spiro atoms. The van der Waals surface area contributed by atoms with Crippen molar-refractivity contribution in [1.29, 1.82) is 0 Å². The first-order valence-electron chi connectivity index (χ1n) is 5.01. The largest absolute Gasteiger partial charge is 0.422 e. The summed E-state index contributed by atoms with van der Waals surface area (Å²) in [5, 5.41) is 0. The number of cyclic esters (lactones) is 2. The van der Waals surface area contributed by atoms with Crippen LogP contribution in [0.5, 0.6) is 0 Å². The van der Waals surface area contributed by atoms with Crippen molar-refractivity contribution in [2.45, 2.75) is 45.8 Å². The van der Waals surface area contributed by atoms with Gasteiger partial charge in [-0.1, -0.05) is 13.3 Å². The van der Waals surface area contributed by atoms with Gasteiger partial charge in [0, 0.05) is 13.8 Å². The van der Waals surface area contributed by atoms with Gasteiger partial charge in [-0.05, 0) is 6.42 Å². The van der Waals surface area contributed by atoms with E-state index in [0.717, 1.165) is 0 Å². The van der Waals surface area contributed by atoms with E-state index in [2.05, 4.69) is 0 Å². The molecule has 0 saturated carbocycles. The van der Waals surface area contributed by atoms with E-state index in [9.17, 15) is 18.4 Å². The molecule has 0 bridgehead atoms. The standard InChI is InChI=1S/C10H14F2O4/c1-4-5-10(6(11)12)7(13)15-9(2,3)16-8(10)14/h6H,4-5H2,1-3H3. The van der Waals surface area contributed by atoms with Crippen LogP contribution in [0.15, 0.2) is 0 Å². The highest BCUT2D eigenvalue weighted by molar-refractivity contribution is 6.02. The molecule has 1 fully saturated rings. The van der Waals surface area contributed by atoms with Crippen LogP contribution in [0, 0.1) is 5.41 Å². The first-order valence-corrected chi connectivity index (χ1v) is 5.01. The number of ether oxygens (including phenoxy) is 2. The Morgan fingerprint density at radius 1 is 1.19 bits per heavy atom. The molecular formula is C10H14F2O4. The van der Waals surface area contributed by atoms with Crippen LogP contribution in [-0.4, -0.2) is 24.2 Å². The van der Waals surface area contributed by atoms with Gasteiger partial charge >= 0.3 is 11.9 Å². The lowest BCUT2D eigenvalue weighted by Gasteiger charge is -2.39. The van der Waals surface area contributed by atoms with Crippen molar-refractivity contribution in [3.63, 3.8) is 0 Å². The molecule has 1 rings (SSSR count). The quantitative estimate of drug-likeness (QED) is 0.554. The molecule has 92 valence electrons. The summed E-state index contributed by atoms with van der Waals surface area (Å²) in [6, 6.07) is 0. The number of carbonyl (C=O) groups excluding carboxylic acids is 2. The molecule has 1 aliphatic heterocycles. The van der Waals surface area contributed by atoms with Gasteiger partial charge in [-0.25, -0.2) is 8.78 Å². The third-order valence-electron chi connectivity index (χ3n) is 2.42. The summed E-state index contributed by atoms with van der Waals surface area (Å²) < 4.78 is 35.3. The molecule has 1 saturated heterocycles. The minimum absolute atomic E-state index is 0.259. The Kier molecular flexibility index (Phi) is 3.21. The van der Waals surface area contributed by atoms with Crippen LogP contribution in [0.2, 0.25) is 0 Å². The summed E-state index contributed by atoms with van der Waals surface area (Å²) in [4.78, 5) is 23.1. The van der Waals surface area contributed by atoms with Crippen LogP contribution in [0.1, 0.15) is 33.6 Å². The number of carbonyl (C=O) groups is 2. The monoisotopic (exact) mass is 236 g/mol. The maximum absolute atomic E-state index is 12.9. The molecular weight excluding hydrogens is 222 g/mol. The summed E-state index contributed by atoms with van der Waals surface area (Å²) >= 11 is 0. The Hall–Kier alpha value is -1.20. The Labute approximate surface area is 91.9 Å². The number of esters is 2. The highest BCUT2D eigenvalue weighted by atomic mass is 19.3. The van der Waals surface area contributed by atoms with E-state index in [1.165, 1.54) is 13.8 Å². The molecule has 0 amide bonds. The lowest BCUT2D eigenvalue weighted by Crippen LogP contribution is -2.57. The minimum atomic E-state index is -3.12. The average Bonchev–Trinajstić information content (AvgIpc) is 2.09. The summed E-state index contributed by atoms with van der Waals surface area (Å²) in [6.07, 6.45) is -3.14. The zero-order valence-corrected chi connectivity index (χ0v) is 9.38. The van der Waals surface area contributed by atoms with Crippen LogP contribution < -0.4 is 0 Å². The minimum Gasteiger partial charge on any atom is -0.422 e. The molecule has 16 heavy (non-hydrogen) atoms. The van der Waals surface area contributed by atoms with Gasteiger partial charge in [0.2, 0.25) is 5.41 Å². The molecule has 0 atom stereocenters. The maximum atomic E-state index is 12.9. The van der Waals surface area contributed by atoms with Gasteiger partial charge in [0.1, 0.15) is 0 Å². The van der Waals surface area contributed by atoms with E-state index in [-0.39, 0.29) is 12.8 Å². The van der Waals surface area contributed by atoms with Crippen molar-refractivity contribution in [2.24, 2.45) is 5.41 Å². The number of alkyl halides is 2. The smallest absolute Gasteiger partial charge is 0.332 e. The Morgan fingerprint density at radius 3 is 1.94 bits per heavy atom. The van der Waals surface area contributed by atoms with Crippen molar-refractivity contribution >= 4 is 11.9 Å². The van der Waals surface area contributed by atoms with Crippen LogP contribution in [-0.2, 0) is 19.1 Å². The van der Waals surface area contributed by atoms with E-state index in [1.807, 2.05) is 0 Å². The lowest BCUT2D eigenvalue weighted by atomic mass is 9.82. The number of hydrogen-bond donors (Lipinski definition) is 0. The van der Waals surface area contributed by atoms with Crippen LogP contribution in [0.4, 0.5) is 8.78 Å². The second-order valence-corrected chi connectivity index (χ2v) is 4.20. The maximum Gasteiger partial charge on any atom is 0.332 e. The first-order chi connectivity index (χ1) is 7.26. The van der Waals surface area contributed by atoms with E-state index in [0.29, 0.717) is 0 Å². The normalized spacial score (nSPS) is 22.9. The van der Waals surface area contributed by atoms with E-state index in [1.54, 1.807) is 6.92 Å². The summed E-state index contributed by atoms with van der Waals surface area (Å²) in [7, 11) is 0. The fraction of sp³-hybridized carbons (Fsp3) is 0.800. The van der Waals surface area contributed by atoms with Gasteiger partial charge in [0.25, 0.3) is 12.2 Å². The van der Waals surface area contributed by atoms with Crippen LogP contribution in [0.3, 0.4) is 0 Å². The fourth-order valence-electron chi connectivity index (χ4n) is 1.62. The van der Waals surface area contributed by atoms with Gasteiger partial charge < -0.3 is 9.47 Å². The third-order valence-corrected chi connectivity index (χ3v) is 2.42. The summed E-state index contributed by atoms with van der Waals surface area (Å²) in [5.74, 6) is -3.88. The molecule has 0 aliphatic carbocycles. The Balaban J connectivity index is 3.10. The number of hydrogen-bond acceptors (Lipinski definition) is 4. The van der Waals surface area contributed by atoms with Crippen molar-refractivity contribution in [2.75, 3.05) is 0 Å². The lowest BCUT2D eigenvalue weighted by molar-refractivity contribution is -0.261. The van der Waals surface area contributed by atoms with Crippen molar-refractivity contribution in [3.05, 3.63) is 0 Å². The first kappa shape index (κ1) is 12.9. The van der Waals surface area contributed by atoms with Crippen molar-refractivity contribution < 1.29 is 27.8 Å². The molecule has 6 heteroatoms. The van der Waals surface area contributed by atoms with E-state index in [4.69, 9.17) is 9.47 Å². The molecule has 0 aromatic rings. The molecule has 0 aromatic heterocycles. The molecule has 0 aromatic carbocycles. The third kappa shape index (κ3) is 1.88. The highest BCUT2D eigenvalue weighted by Gasteiger charge is 2.61. The van der Waals surface area contributed by atoms with Gasteiger partial charge in [0.05, 0.1) is 0 Å². The molecule has 0 unspecified atom stereocenters. The van der Waals surface area contributed by atoms with Crippen molar-refractivity contribution in [3.8, 4) is 0 Å².